The molecule has 1 heterocycles. The Morgan fingerprint density at radius 1 is 1.03 bits per heavy atom. The van der Waals surface area contributed by atoms with Gasteiger partial charge in [-0.1, -0.05) is 13.8 Å². The van der Waals surface area contributed by atoms with E-state index in [1.54, 1.807) is 32.2 Å². The van der Waals surface area contributed by atoms with Crippen LogP contribution < -0.4 is 33.2 Å². The summed E-state index contributed by atoms with van der Waals surface area (Å²) in [5.41, 5.74) is 17.2. The number of amides is 4. The molecular formula is C23H34N8O5. The third kappa shape index (κ3) is 8.49. The molecule has 13 heteroatoms. The van der Waals surface area contributed by atoms with Crippen molar-refractivity contribution in [2.45, 2.75) is 45.2 Å². The highest BCUT2D eigenvalue weighted by molar-refractivity contribution is 5.94. The first-order valence-electron chi connectivity index (χ1n) is 11.5. The molecule has 0 spiro atoms. The molecule has 1 aromatic heterocycles. The average molecular weight is 503 g/mol. The highest BCUT2D eigenvalue weighted by Gasteiger charge is 2.28. The number of carbonyl (C=O) groups is 4. The zero-order valence-corrected chi connectivity index (χ0v) is 20.3. The fourth-order valence-corrected chi connectivity index (χ4v) is 3.44. The summed E-state index contributed by atoms with van der Waals surface area (Å²) < 4.78 is 0. The third-order valence-corrected chi connectivity index (χ3v) is 5.35. The summed E-state index contributed by atoms with van der Waals surface area (Å²) in [5, 5.41) is 18.3. The number of fused-ring (bicyclic) bond motifs is 1. The fourth-order valence-electron chi connectivity index (χ4n) is 3.44. The van der Waals surface area contributed by atoms with E-state index in [0.717, 1.165) is 5.52 Å². The second-order valence-electron chi connectivity index (χ2n) is 8.66. The molecule has 0 aliphatic rings. The van der Waals surface area contributed by atoms with Crippen molar-refractivity contribution >= 4 is 40.5 Å². The zero-order valence-electron chi connectivity index (χ0n) is 20.3. The van der Waals surface area contributed by atoms with E-state index in [9.17, 15) is 24.3 Å². The number of benzene rings is 1. The van der Waals surface area contributed by atoms with Crippen molar-refractivity contribution in [3.63, 3.8) is 0 Å². The molecule has 0 saturated heterocycles. The zero-order chi connectivity index (χ0) is 26.8. The highest BCUT2D eigenvalue weighted by atomic mass is 16.3. The number of phenols is 1. The standard InChI is InChI=1S/C23H34N8O5/c1-12(2)20(34)31-18(8-13-10-28-16-6-5-14(32)9-15(13)16)22(36)30-17(4-3-7-27-23(25)26)21(35)29-11-19(24)33/h5-6,9-10,12,17-18,28,32H,3-4,7-8,11H2,1-2H3,(H2,24,33)(H,29,35)(H,30,36)(H,31,34)(H4,25,26,27)/t17?,18-/m1/s1. The van der Waals surface area contributed by atoms with Crippen LogP contribution in [0.15, 0.2) is 29.4 Å². The monoisotopic (exact) mass is 502 g/mol. The summed E-state index contributed by atoms with van der Waals surface area (Å²) in [6, 6.07) is 2.74. The van der Waals surface area contributed by atoms with Crippen LogP contribution >= 0.6 is 0 Å². The van der Waals surface area contributed by atoms with Crippen LogP contribution in [0.2, 0.25) is 0 Å². The summed E-state index contributed by atoms with van der Waals surface area (Å²) in [5.74, 6) is -2.73. The maximum atomic E-state index is 13.3. The van der Waals surface area contributed by atoms with Crippen LogP contribution in [0, 0.1) is 5.92 Å². The number of aromatic nitrogens is 1. The molecule has 4 amide bonds. The molecule has 2 rings (SSSR count). The normalized spacial score (nSPS) is 12.5. The SMILES string of the molecule is CC(C)C(=O)N[C@H](Cc1c[nH]c2ccc(O)cc12)C(=O)NC(CCCN=C(N)N)C(=O)NCC(N)=O. The average Bonchev–Trinajstić information content (AvgIpc) is 3.20. The van der Waals surface area contributed by atoms with Gasteiger partial charge in [-0.3, -0.25) is 24.2 Å². The predicted molar refractivity (Wildman–Crippen MR) is 134 cm³/mol. The molecule has 0 bridgehead atoms. The summed E-state index contributed by atoms with van der Waals surface area (Å²) in [4.78, 5) is 56.4. The molecule has 13 nitrogen and oxygen atoms in total. The second-order valence-corrected chi connectivity index (χ2v) is 8.66. The van der Waals surface area contributed by atoms with Crippen LogP contribution in [0.3, 0.4) is 0 Å². The molecule has 1 aromatic carbocycles. The summed E-state index contributed by atoms with van der Waals surface area (Å²) in [6.45, 7) is 3.21. The van der Waals surface area contributed by atoms with Crippen LogP contribution in [-0.2, 0) is 25.6 Å². The van der Waals surface area contributed by atoms with Crippen molar-refractivity contribution in [2.75, 3.05) is 13.1 Å². The number of nitrogens with two attached hydrogens (primary N) is 3. The Kier molecular flexibility index (Phi) is 10.1. The van der Waals surface area contributed by atoms with E-state index in [4.69, 9.17) is 17.2 Å². The quantitative estimate of drug-likeness (QED) is 0.0935. The molecule has 2 aromatic rings. The van der Waals surface area contributed by atoms with Gasteiger partial charge in [0, 0.05) is 36.0 Å². The minimum Gasteiger partial charge on any atom is -0.508 e. The number of primary amides is 1. The molecule has 0 aliphatic heterocycles. The number of carbonyl (C=O) groups excluding carboxylic acids is 4. The summed E-state index contributed by atoms with van der Waals surface area (Å²) >= 11 is 0. The van der Waals surface area contributed by atoms with Gasteiger partial charge in [0.15, 0.2) is 5.96 Å². The summed E-state index contributed by atoms with van der Waals surface area (Å²) in [7, 11) is 0. The number of rotatable bonds is 13. The van der Waals surface area contributed by atoms with Gasteiger partial charge in [-0.15, -0.1) is 0 Å². The molecule has 196 valence electrons. The van der Waals surface area contributed by atoms with E-state index in [1.165, 1.54) is 6.07 Å². The van der Waals surface area contributed by atoms with Gasteiger partial charge in [0.05, 0.1) is 6.54 Å². The Hall–Kier alpha value is -4.29. The van der Waals surface area contributed by atoms with E-state index in [2.05, 4.69) is 25.9 Å². The first-order valence-corrected chi connectivity index (χ1v) is 11.5. The smallest absolute Gasteiger partial charge is 0.243 e. The molecule has 0 saturated carbocycles. The Bertz CT molecular complexity index is 1120. The second kappa shape index (κ2) is 13.0. The minimum absolute atomic E-state index is 0.0579. The maximum Gasteiger partial charge on any atom is 0.243 e. The van der Waals surface area contributed by atoms with Gasteiger partial charge in [-0.2, -0.15) is 0 Å². The molecule has 1 unspecified atom stereocenters. The molecular weight excluding hydrogens is 468 g/mol. The van der Waals surface area contributed by atoms with Crippen molar-refractivity contribution in [1.29, 1.82) is 0 Å². The molecule has 2 atom stereocenters. The van der Waals surface area contributed by atoms with Gasteiger partial charge in [0.25, 0.3) is 0 Å². The number of hydrogen-bond acceptors (Lipinski definition) is 6. The Labute approximate surface area is 208 Å². The first-order chi connectivity index (χ1) is 17.0. The lowest BCUT2D eigenvalue weighted by Crippen LogP contribution is -2.55. The number of aromatic hydroxyl groups is 1. The van der Waals surface area contributed by atoms with Gasteiger partial charge >= 0.3 is 0 Å². The van der Waals surface area contributed by atoms with Gasteiger partial charge in [-0.25, -0.2) is 0 Å². The van der Waals surface area contributed by atoms with Gasteiger partial charge < -0.3 is 43.2 Å². The van der Waals surface area contributed by atoms with Crippen molar-refractivity contribution in [3.05, 3.63) is 30.0 Å². The Morgan fingerprint density at radius 3 is 2.36 bits per heavy atom. The number of aromatic amines is 1. The maximum absolute atomic E-state index is 13.3. The molecule has 0 radical (unpaired) electrons. The van der Waals surface area contributed by atoms with Crippen LogP contribution in [0.25, 0.3) is 10.9 Å². The largest absolute Gasteiger partial charge is 0.508 e. The van der Waals surface area contributed by atoms with E-state index in [1.807, 2.05) is 0 Å². The van der Waals surface area contributed by atoms with Gasteiger partial charge in [0.2, 0.25) is 23.6 Å². The van der Waals surface area contributed by atoms with Gasteiger partial charge in [0.1, 0.15) is 17.8 Å². The molecule has 0 fully saturated rings. The van der Waals surface area contributed by atoms with E-state index < -0.39 is 36.3 Å². The fraction of sp³-hybridized carbons (Fsp3) is 0.435. The number of guanidine groups is 1. The molecule has 0 aliphatic carbocycles. The number of phenolic OH excluding ortho intramolecular Hbond substituents is 1. The number of nitrogens with one attached hydrogen (secondary N) is 4. The van der Waals surface area contributed by atoms with Crippen molar-refractivity contribution < 1.29 is 24.3 Å². The number of nitrogens with zero attached hydrogens (tertiary/aromatic N) is 1. The van der Waals surface area contributed by atoms with Crippen LogP contribution in [0.5, 0.6) is 5.75 Å². The van der Waals surface area contributed by atoms with Gasteiger partial charge in [-0.05, 0) is 36.6 Å². The van der Waals surface area contributed by atoms with Crippen molar-refractivity contribution in [3.8, 4) is 5.75 Å². The number of aliphatic imine (C=N–C) groups is 1. The number of H-pyrrole nitrogens is 1. The summed E-state index contributed by atoms with van der Waals surface area (Å²) in [6.07, 6.45) is 2.31. The van der Waals surface area contributed by atoms with Crippen molar-refractivity contribution in [2.24, 2.45) is 28.1 Å². The predicted octanol–water partition coefficient (Wildman–Crippen LogP) is -1.30. The lowest BCUT2D eigenvalue weighted by Gasteiger charge is -2.23. The Morgan fingerprint density at radius 2 is 1.72 bits per heavy atom. The van der Waals surface area contributed by atoms with Crippen LogP contribution in [0.1, 0.15) is 32.3 Å². The van der Waals surface area contributed by atoms with E-state index in [0.29, 0.717) is 17.4 Å². The molecule has 36 heavy (non-hydrogen) atoms. The van der Waals surface area contributed by atoms with E-state index in [-0.39, 0.29) is 42.9 Å². The number of hydrogen-bond donors (Lipinski definition) is 8. The molecule has 11 N–H and O–H groups in total. The topological polar surface area (TPSA) is 231 Å². The van der Waals surface area contributed by atoms with Crippen molar-refractivity contribution in [1.82, 2.24) is 20.9 Å². The lowest BCUT2D eigenvalue weighted by molar-refractivity contribution is -0.133. The highest BCUT2D eigenvalue weighted by Crippen LogP contribution is 2.24. The van der Waals surface area contributed by atoms with Crippen LogP contribution in [0.4, 0.5) is 0 Å². The Balaban J connectivity index is 2.25. The first kappa shape index (κ1) is 28.0. The van der Waals surface area contributed by atoms with Crippen LogP contribution in [-0.4, -0.2) is 64.9 Å². The van der Waals surface area contributed by atoms with E-state index >= 15 is 0 Å². The lowest BCUT2D eigenvalue weighted by atomic mass is 10.0. The minimum atomic E-state index is -1.03. The third-order valence-electron chi connectivity index (χ3n) is 5.35.